The summed E-state index contributed by atoms with van der Waals surface area (Å²) in [6.45, 7) is 3.03. The number of rotatable bonds is 4. The Morgan fingerprint density at radius 2 is 2.11 bits per heavy atom. The van der Waals surface area contributed by atoms with E-state index >= 15 is 0 Å². The zero-order valence-corrected chi connectivity index (χ0v) is 11.2. The van der Waals surface area contributed by atoms with E-state index < -0.39 is 11.8 Å². The zero-order valence-electron chi connectivity index (χ0n) is 10.4. The van der Waals surface area contributed by atoms with E-state index in [-0.39, 0.29) is 5.91 Å². The standard InChI is InChI=1S/C13H14ClN3O2/c1-2-15-7-10-16-12(18)11(13(19)17-10)8-5-3-4-6-9(8)14/h3-6,11,15H,2,7H2,1H3,(H,16,17,18,19). The van der Waals surface area contributed by atoms with E-state index in [1.807, 2.05) is 6.92 Å². The SMILES string of the molecule is CCNCC1=NC(=O)C(c2ccccc2Cl)C(=O)N1. The molecule has 1 unspecified atom stereocenters. The summed E-state index contributed by atoms with van der Waals surface area (Å²) in [5.74, 6) is -1.48. The van der Waals surface area contributed by atoms with E-state index in [1.54, 1.807) is 24.3 Å². The number of nitrogens with one attached hydrogen (secondary N) is 2. The maximum absolute atomic E-state index is 12.0. The minimum absolute atomic E-state index is 0.347. The Labute approximate surface area is 116 Å². The largest absolute Gasteiger partial charge is 0.312 e. The van der Waals surface area contributed by atoms with Gasteiger partial charge < -0.3 is 10.6 Å². The van der Waals surface area contributed by atoms with Crippen LogP contribution in [-0.2, 0) is 9.59 Å². The number of carbonyl (C=O) groups excluding carboxylic acids is 2. The van der Waals surface area contributed by atoms with Gasteiger partial charge in [-0.25, -0.2) is 0 Å². The number of halogens is 1. The average molecular weight is 280 g/mol. The number of carbonyl (C=O) groups is 2. The first-order chi connectivity index (χ1) is 9.13. The van der Waals surface area contributed by atoms with Crippen LogP contribution in [0.25, 0.3) is 0 Å². The fraction of sp³-hybridized carbons (Fsp3) is 0.308. The highest BCUT2D eigenvalue weighted by molar-refractivity contribution is 6.32. The third-order valence-corrected chi connectivity index (χ3v) is 3.12. The molecule has 0 aliphatic carbocycles. The smallest absolute Gasteiger partial charge is 0.264 e. The molecule has 2 rings (SSSR count). The molecule has 1 aromatic rings. The lowest BCUT2D eigenvalue weighted by atomic mass is 9.96. The second kappa shape index (κ2) is 5.95. The minimum atomic E-state index is -0.959. The Kier molecular flexibility index (Phi) is 4.29. The highest BCUT2D eigenvalue weighted by Crippen LogP contribution is 2.27. The summed E-state index contributed by atoms with van der Waals surface area (Å²) >= 11 is 6.02. The first-order valence-corrected chi connectivity index (χ1v) is 6.38. The first kappa shape index (κ1) is 13.7. The molecule has 0 aromatic heterocycles. The molecule has 0 spiro atoms. The molecule has 0 saturated carbocycles. The van der Waals surface area contributed by atoms with Gasteiger partial charge >= 0.3 is 0 Å². The monoisotopic (exact) mass is 279 g/mol. The van der Waals surface area contributed by atoms with E-state index in [0.717, 1.165) is 6.54 Å². The molecule has 1 atom stereocenters. The molecule has 19 heavy (non-hydrogen) atoms. The van der Waals surface area contributed by atoms with Gasteiger partial charge in [0.15, 0.2) is 0 Å². The number of nitrogens with zero attached hydrogens (tertiary/aromatic N) is 1. The molecule has 1 heterocycles. The second-order valence-electron chi connectivity index (χ2n) is 4.12. The number of hydrogen-bond donors (Lipinski definition) is 2. The van der Waals surface area contributed by atoms with Crippen LogP contribution >= 0.6 is 11.6 Å². The third kappa shape index (κ3) is 3.00. The van der Waals surface area contributed by atoms with Gasteiger partial charge in [0.1, 0.15) is 11.8 Å². The van der Waals surface area contributed by atoms with Crippen molar-refractivity contribution in [1.29, 1.82) is 0 Å². The lowest BCUT2D eigenvalue weighted by Crippen LogP contribution is -2.46. The van der Waals surface area contributed by atoms with Crippen molar-refractivity contribution < 1.29 is 9.59 Å². The zero-order chi connectivity index (χ0) is 13.8. The number of amidine groups is 1. The topological polar surface area (TPSA) is 70.6 Å². The van der Waals surface area contributed by atoms with Gasteiger partial charge in [-0.15, -0.1) is 0 Å². The van der Waals surface area contributed by atoms with Gasteiger partial charge in [-0.2, -0.15) is 4.99 Å². The summed E-state index contributed by atoms with van der Waals surface area (Å²) in [5.41, 5.74) is 0.484. The van der Waals surface area contributed by atoms with E-state index in [9.17, 15) is 9.59 Å². The highest BCUT2D eigenvalue weighted by Gasteiger charge is 2.34. The first-order valence-electron chi connectivity index (χ1n) is 6.01. The summed E-state index contributed by atoms with van der Waals surface area (Å²) in [7, 11) is 0. The molecule has 1 aromatic carbocycles. The van der Waals surface area contributed by atoms with Gasteiger partial charge in [0.2, 0.25) is 5.91 Å². The van der Waals surface area contributed by atoms with Crippen molar-refractivity contribution in [3.8, 4) is 0 Å². The average Bonchev–Trinajstić information content (AvgIpc) is 2.38. The van der Waals surface area contributed by atoms with Crippen LogP contribution in [-0.4, -0.2) is 30.7 Å². The van der Waals surface area contributed by atoms with Gasteiger partial charge in [-0.3, -0.25) is 9.59 Å². The van der Waals surface area contributed by atoms with Gasteiger partial charge in [0.25, 0.3) is 5.91 Å². The molecule has 1 aliphatic rings. The molecular formula is C13H14ClN3O2. The van der Waals surface area contributed by atoms with E-state index in [0.29, 0.717) is 23.0 Å². The summed E-state index contributed by atoms with van der Waals surface area (Å²) in [5, 5.41) is 6.02. The number of likely N-dealkylation sites (N-methyl/N-ethyl adjacent to an activating group) is 1. The molecule has 2 amide bonds. The fourth-order valence-corrected chi connectivity index (χ4v) is 2.11. The Balaban J connectivity index is 2.25. The van der Waals surface area contributed by atoms with Gasteiger partial charge in [-0.05, 0) is 18.2 Å². The van der Waals surface area contributed by atoms with E-state index in [1.165, 1.54) is 0 Å². The summed E-state index contributed by atoms with van der Waals surface area (Å²) in [4.78, 5) is 27.9. The molecule has 5 nitrogen and oxygen atoms in total. The van der Waals surface area contributed by atoms with Crippen molar-refractivity contribution in [2.24, 2.45) is 4.99 Å². The molecule has 6 heteroatoms. The van der Waals surface area contributed by atoms with Crippen LogP contribution in [0.2, 0.25) is 5.02 Å². The highest BCUT2D eigenvalue weighted by atomic mass is 35.5. The van der Waals surface area contributed by atoms with Crippen molar-refractivity contribution in [3.63, 3.8) is 0 Å². The molecule has 100 valence electrons. The molecular weight excluding hydrogens is 266 g/mol. The van der Waals surface area contributed by atoms with Crippen LogP contribution < -0.4 is 10.6 Å². The second-order valence-corrected chi connectivity index (χ2v) is 4.53. The van der Waals surface area contributed by atoms with Crippen molar-refractivity contribution in [2.75, 3.05) is 13.1 Å². The molecule has 2 N–H and O–H groups in total. The van der Waals surface area contributed by atoms with Crippen LogP contribution in [0.15, 0.2) is 29.3 Å². The minimum Gasteiger partial charge on any atom is -0.312 e. The van der Waals surface area contributed by atoms with Gasteiger partial charge in [0.05, 0.1) is 6.54 Å². The number of benzene rings is 1. The third-order valence-electron chi connectivity index (χ3n) is 2.78. The van der Waals surface area contributed by atoms with E-state index in [2.05, 4.69) is 15.6 Å². The van der Waals surface area contributed by atoms with Crippen molar-refractivity contribution in [2.45, 2.75) is 12.8 Å². The molecule has 0 fully saturated rings. The normalized spacial score (nSPS) is 19.1. The Hall–Kier alpha value is -1.72. The molecule has 1 aliphatic heterocycles. The van der Waals surface area contributed by atoms with Crippen LogP contribution in [0, 0.1) is 0 Å². The van der Waals surface area contributed by atoms with Gasteiger partial charge in [0, 0.05) is 5.02 Å². The maximum Gasteiger partial charge on any atom is 0.264 e. The Bertz CT molecular complexity index is 542. The Morgan fingerprint density at radius 3 is 2.74 bits per heavy atom. The van der Waals surface area contributed by atoms with Crippen LogP contribution in [0.1, 0.15) is 18.4 Å². The van der Waals surface area contributed by atoms with Gasteiger partial charge in [-0.1, -0.05) is 36.7 Å². The van der Waals surface area contributed by atoms with Crippen molar-refractivity contribution in [1.82, 2.24) is 10.6 Å². The predicted molar refractivity (Wildman–Crippen MR) is 73.3 cm³/mol. The molecule has 0 radical (unpaired) electrons. The number of aliphatic imine (C=N–C) groups is 1. The summed E-state index contributed by atoms with van der Waals surface area (Å²) in [6.07, 6.45) is 0. The molecule has 0 bridgehead atoms. The molecule has 0 saturated heterocycles. The quantitative estimate of drug-likeness (QED) is 0.811. The summed E-state index contributed by atoms with van der Waals surface area (Å²) in [6, 6.07) is 6.79. The van der Waals surface area contributed by atoms with Crippen LogP contribution in [0.4, 0.5) is 0 Å². The van der Waals surface area contributed by atoms with Crippen LogP contribution in [0.5, 0.6) is 0 Å². The van der Waals surface area contributed by atoms with Crippen molar-refractivity contribution in [3.05, 3.63) is 34.9 Å². The Morgan fingerprint density at radius 1 is 1.37 bits per heavy atom. The summed E-state index contributed by atoms with van der Waals surface area (Å²) < 4.78 is 0. The van der Waals surface area contributed by atoms with Crippen molar-refractivity contribution >= 4 is 29.3 Å². The predicted octanol–water partition coefficient (Wildman–Crippen LogP) is 1.09. The van der Waals surface area contributed by atoms with Crippen LogP contribution in [0.3, 0.4) is 0 Å². The maximum atomic E-state index is 12.0. The lowest BCUT2D eigenvalue weighted by Gasteiger charge is -2.21. The van der Waals surface area contributed by atoms with E-state index in [4.69, 9.17) is 11.6 Å². The number of amides is 2. The lowest BCUT2D eigenvalue weighted by molar-refractivity contribution is -0.129. The number of hydrogen-bond acceptors (Lipinski definition) is 3. The fourth-order valence-electron chi connectivity index (χ4n) is 1.86.